The van der Waals surface area contributed by atoms with Crippen LogP contribution in [0.3, 0.4) is 0 Å². The molecule has 1 amide bonds. The second-order valence-electron chi connectivity index (χ2n) is 6.02. The fraction of sp³-hybridized carbons (Fsp3) is 0.412. The lowest BCUT2D eigenvalue weighted by atomic mass is 10.1. The Morgan fingerprint density at radius 2 is 2.22 bits per heavy atom. The molecule has 0 bridgehead atoms. The Morgan fingerprint density at radius 1 is 1.43 bits per heavy atom. The van der Waals surface area contributed by atoms with Gasteiger partial charge in [0.2, 0.25) is 5.91 Å². The van der Waals surface area contributed by atoms with Gasteiger partial charge in [-0.15, -0.1) is 0 Å². The van der Waals surface area contributed by atoms with Gasteiger partial charge in [-0.05, 0) is 26.0 Å². The minimum absolute atomic E-state index is 0.0464. The summed E-state index contributed by atoms with van der Waals surface area (Å²) in [5.74, 6) is 0.498. The third-order valence-electron chi connectivity index (χ3n) is 4.41. The SMILES string of the molecule is CO[C@H]1C[C@@H](C(=O)Nc2cc(-c3ccccc3C)[nH]n2)N(C)C1. The van der Waals surface area contributed by atoms with E-state index in [0.29, 0.717) is 12.2 Å². The number of anilines is 1. The van der Waals surface area contributed by atoms with Crippen LogP contribution >= 0.6 is 0 Å². The van der Waals surface area contributed by atoms with Crippen LogP contribution in [0.1, 0.15) is 12.0 Å². The Hall–Kier alpha value is -2.18. The number of rotatable bonds is 4. The number of carbonyl (C=O) groups excluding carboxylic acids is 1. The van der Waals surface area contributed by atoms with E-state index < -0.39 is 0 Å². The maximum atomic E-state index is 12.4. The van der Waals surface area contributed by atoms with Gasteiger partial charge in [0.15, 0.2) is 5.82 Å². The summed E-state index contributed by atoms with van der Waals surface area (Å²) in [6, 6.07) is 9.75. The van der Waals surface area contributed by atoms with Crippen LogP contribution in [-0.4, -0.2) is 53.9 Å². The minimum Gasteiger partial charge on any atom is -0.380 e. The van der Waals surface area contributed by atoms with E-state index >= 15 is 0 Å². The number of nitrogens with zero attached hydrogens (tertiary/aromatic N) is 2. The number of nitrogens with one attached hydrogen (secondary N) is 2. The van der Waals surface area contributed by atoms with Crippen LogP contribution in [0.25, 0.3) is 11.3 Å². The van der Waals surface area contributed by atoms with E-state index in [2.05, 4.69) is 15.5 Å². The van der Waals surface area contributed by atoms with Crippen LogP contribution in [0.2, 0.25) is 0 Å². The van der Waals surface area contributed by atoms with Crippen molar-refractivity contribution in [1.29, 1.82) is 0 Å². The number of likely N-dealkylation sites (N-methyl/N-ethyl adjacent to an activating group) is 1. The highest BCUT2D eigenvalue weighted by Crippen LogP contribution is 2.24. The van der Waals surface area contributed by atoms with Crippen molar-refractivity contribution < 1.29 is 9.53 Å². The molecule has 0 spiro atoms. The van der Waals surface area contributed by atoms with E-state index in [1.807, 2.05) is 49.2 Å². The third-order valence-corrected chi connectivity index (χ3v) is 4.41. The molecule has 3 rings (SSSR count). The Balaban J connectivity index is 1.70. The number of H-pyrrole nitrogens is 1. The van der Waals surface area contributed by atoms with Crippen molar-refractivity contribution in [2.24, 2.45) is 0 Å². The van der Waals surface area contributed by atoms with Gasteiger partial charge in [-0.3, -0.25) is 14.8 Å². The number of hydrogen-bond acceptors (Lipinski definition) is 4. The molecule has 2 atom stereocenters. The van der Waals surface area contributed by atoms with Crippen LogP contribution in [0.5, 0.6) is 0 Å². The summed E-state index contributed by atoms with van der Waals surface area (Å²) in [6.07, 6.45) is 0.811. The number of aromatic nitrogens is 2. The van der Waals surface area contributed by atoms with Gasteiger partial charge < -0.3 is 10.1 Å². The summed E-state index contributed by atoms with van der Waals surface area (Å²) < 4.78 is 5.34. The number of benzene rings is 1. The average molecular weight is 314 g/mol. The number of amides is 1. The molecular weight excluding hydrogens is 292 g/mol. The molecule has 0 aliphatic carbocycles. The second-order valence-corrected chi connectivity index (χ2v) is 6.02. The fourth-order valence-corrected chi connectivity index (χ4v) is 3.04. The molecule has 2 aromatic rings. The van der Waals surface area contributed by atoms with Crippen LogP contribution in [0.4, 0.5) is 5.82 Å². The van der Waals surface area contributed by atoms with E-state index in [1.165, 1.54) is 0 Å². The summed E-state index contributed by atoms with van der Waals surface area (Å²) in [7, 11) is 3.62. The molecule has 0 radical (unpaired) electrons. The standard InChI is InChI=1S/C17H22N4O2/c1-11-6-4-5-7-13(11)14-9-16(20-19-14)18-17(22)15-8-12(23-3)10-21(15)2/h4-7,9,12,15H,8,10H2,1-3H3,(H2,18,19,20,22)/t12-,15-/m0/s1. The zero-order valence-electron chi connectivity index (χ0n) is 13.7. The van der Waals surface area contributed by atoms with Gasteiger partial charge in [-0.25, -0.2) is 0 Å². The quantitative estimate of drug-likeness (QED) is 0.906. The first-order valence-electron chi connectivity index (χ1n) is 7.74. The molecule has 1 aliphatic rings. The Morgan fingerprint density at radius 3 is 2.91 bits per heavy atom. The summed E-state index contributed by atoms with van der Waals surface area (Å²) in [6.45, 7) is 2.82. The summed E-state index contributed by atoms with van der Waals surface area (Å²) >= 11 is 0. The molecule has 1 aromatic carbocycles. The maximum Gasteiger partial charge on any atom is 0.243 e. The molecule has 0 saturated carbocycles. The van der Waals surface area contributed by atoms with Crippen LogP contribution < -0.4 is 5.32 Å². The highest BCUT2D eigenvalue weighted by molar-refractivity contribution is 5.94. The van der Waals surface area contributed by atoms with Crippen LogP contribution in [0.15, 0.2) is 30.3 Å². The van der Waals surface area contributed by atoms with E-state index in [0.717, 1.165) is 23.4 Å². The van der Waals surface area contributed by atoms with Crippen LogP contribution in [0, 0.1) is 6.92 Å². The third kappa shape index (κ3) is 3.28. The van der Waals surface area contributed by atoms with Gasteiger partial charge in [0.05, 0.1) is 17.8 Å². The van der Waals surface area contributed by atoms with E-state index in [-0.39, 0.29) is 18.1 Å². The molecule has 2 N–H and O–H groups in total. The number of hydrogen-bond donors (Lipinski definition) is 2. The topological polar surface area (TPSA) is 70.2 Å². The zero-order chi connectivity index (χ0) is 16.4. The van der Waals surface area contributed by atoms with Crippen molar-refractivity contribution in [2.75, 3.05) is 26.0 Å². The average Bonchev–Trinajstić information content (AvgIpc) is 3.14. The van der Waals surface area contributed by atoms with Crippen molar-refractivity contribution in [2.45, 2.75) is 25.5 Å². The van der Waals surface area contributed by atoms with E-state index in [1.54, 1.807) is 7.11 Å². The van der Waals surface area contributed by atoms with Gasteiger partial charge in [0.1, 0.15) is 0 Å². The van der Waals surface area contributed by atoms with Crippen molar-refractivity contribution in [1.82, 2.24) is 15.1 Å². The molecule has 1 aliphatic heterocycles. The molecule has 0 unspecified atom stereocenters. The molecule has 1 saturated heterocycles. The lowest BCUT2D eigenvalue weighted by molar-refractivity contribution is -0.120. The fourth-order valence-electron chi connectivity index (χ4n) is 3.04. The summed E-state index contributed by atoms with van der Waals surface area (Å²) in [4.78, 5) is 14.4. The molecule has 1 fully saturated rings. The van der Waals surface area contributed by atoms with Gasteiger partial charge >= 0.3 is 0 Å². The molecule has 6 heteroatoms. The first-order valence-corrected chi connectivity index (χ1v) is 7.74. The lowest BCUT2D eigenvalue weighted by Crippen LogP contribution is -2.37. The summed E-state index contributed by atoms with van der Waals surface area (Å²) in [5, 5.41) is 10.1. The van der Waals surface area contributed by atoms with Gasteiger partial charge in [0.25, 0.3) is 0 Å². The lowest BCUT2D eigenvalue weighted by Gasteiger charge is -2.17. The molecule has 23 heavy (non-hydrogen) atoms. The molecule has 1 aromatic heterocycles. The maximum absolute atomic E-state index is 12.4. The van der Waals surface area contributed by atoms with Crippen molar-refractivity contribution in [3.63, 3.8) is 0 Å². The Kier molecular flexibility index (Phi) is 4.45. The minimum atomic E-state index is -0.182. The number of methoxy groups -OCH3 is 1. The molecular formula is C17H22N4O2. The molecule has 122 valence electrons. The zero-order valence-corrected chi connectivity index (χ0v) is 13.7. The number of aryl methyl sites for hydroxylation is 1. The highest BCUT2D eigenvalue weighted by Gasteiger charge is 2.34. The first-order chi connectivity index (χ1) is 11.1. The van der Waals surface area contributed by atoms with Crippen molar-refractivity contribution in [3.05, 3.63) is 35.9 Å². The van der Waals surface area contributed by atoms with Crippen LogP contribution in [-0.2, 0) is 9.53 Å². The Labute approximate surface area is 135 Å². The monoisotopic (exact) mass is 314 g/mol. The number of aromatic amines is 1. The predicted molar refractivity (Wildman–Crippen MR) is 89.2 cm³/mol. The van der Waals surface area contributed by atoms with Gasteiger partial charge in [-0.2, -0.15) is 5.10 Å². The number of likely N-dealkylation sites (tertiary alicyclic amines) is 1. The first kappa shape index (κ1) is 15.7. The molecule has 2 heterocycles. The normalized spacial score (nSPS) is 21.5. The second kappa shape index (κ2) is 6.52. The van der Waals surface area contributed by atoms with E-state index in [4.69, 9.17) is 4.74 Å². The Bertz CT molecular complexity index is 697. The van der Waals surface area contributed by atoms with Crippen molar-refractivity contribution >= 4 is 11.7 Å². The predicted octanol–water partition coefficient (Wildman–Crippen LogP) is 2.04. The molecule has 6 nitrogen and oxygen atoms in total. The van der Waals surface area contributed by atoms with Gasteiger partial charge in [-0.1, -0.05) is 24.3 Å². The largest absolute Gasteiger partial charge is 0.380 e. The highest BCUT2D eigenvalue weighted by atomic mass is 16.5. The van der Waals surface area contributed by atoms with Crippen molar-refractivity contribution in [3.8, 4) is 11.3 Å². The summed E-state index contributed by atoms with van der Waals surface area (Å²) in [5.41, 5.74) is 3.14. The smallest absolute Gasteiger partial charge is 0.243 e. The number of ether oxygens (including phenoxy) is 1. The van der Waals surface area contributed by atoms with E-state index in [9.17, 15) is 4.79 Å². The van der Waals surface area contributed by atoms with Gasteiger partial charge in [0, 0.05) is 25.3 Å². The number of carbonyl (C=O) groups is 1.